The number of carbonyl (C=O) groups is 1. The third-order valence-corrected chi connectivity index (χ3v) is 4.85. The molecule has 0 unspecified atom stereocenters. The summed E-state index contributed by atoms with van der Waals surface area (Å²) in [6.45, 7) is 1.62. The molecule has 1 aliphatic heterocycles. The van der Waals surface area contributed by atoms with E-state index in [1.165, 1.54) is 42.5 Å². The van der Waals surface area contributed by atoms with Crippen LogP contribution in [0.4, 0.5) is 0 Å². The fourth-order valence-electron chi connectivity index (χ4n) is 3.64. The summed E-state index contributed by atoms with van der Waals surface area (Å²) in [6.07, 6.45) is 7.56. The van der Waals surface area contributed by atoms with Gasteiger partial charge >= 0.3 is 5.69 Å². The van der Waals surface area contributed by atoms with Gasteiger partial charge in [0.05, 0.1) is 0 Å². The molecule has 6 nitrogen and oxygen atoms in total. The van der Waals surface area contributed by atoms with Crippen LogP contribution in [-0.4, -0.2) is 33.4 Å². The maximum Gasteiger partial charge on any atom is 0.328 e. The van der Waals surface area contributed by atoms with Gasteiger partial charge in [0.2, 0.25) is 5.91 Å². The molecule has 0 bridgehead atoms. The Hall–Kier alpha value is -1.85. The quantitative estimate of drug-likeness (QED) is 0.866. The van der Waals surface area contributed by atoms with Gasteiger partial charge in [-0.05, 0) is 24.7 Å². The zero-order valence-corrected chi connectivity index (χ0v) is 12.1. The SMILES string of the molecule is O=C(Cn1ccc(=O)[nH]c1=O)N1CC[C@H]2CCCC[C@@H]2C1. The van der Waals surface area contributed by atoms with Crippen LogP contribution in [0.5, 0.6) is 0 Å². The van der Waals surface area contributed by atoms with Gasteiger partial charge in [0.25, 0.3) is 5.56 Å². The summed E-state index contributed by atoms with van der Waals surface area (Å²) in [5, 5.41) is 0. The van der Waals surface area contributed by atoms with Crippen LogP contribution in [0.3, 0.4) is 0 Å². The third-order valence-electron chi connectivity index (χ3n) is 4.85. The number of fused-ring (bicyclic) bond motifs is 1. The zero-order valence-electron chi connectivity index (χ0n) is 12.1. The number of piperidine rings is 1. The van der Waals surface area contributed by atoms with Gasteiger partial charge in [-0.3, -0.25) is 19.1 Å². The van der Waals surface area contributed by atoms with E-state index in [0.717, 1.165) is 25.4 Å². The highest BCUT2D eigenvalue weighted by Gasteiger charge is 2.32. The summed E-state index contributed by atoms with van der Waals surface area (Å²) in [5.74, 6) is 1.37. The van der Waals surface area contributed by atoms with Gasteiger partial charge < -0.3 is 4.90 Å². The molecule has 1 aromatic heterocycles. The Kier molecular flexibility index (Phi) is 3.94. The van der Waals surface area contributed by atoms with Gasteiger partial charge in [-0.2, -0.15) is 0 Å². The smallest absolute Gasteiger partial charge is 0.328 e. The summed E-state index contributed by atoms with van der Waals surface area (Å²) in [7, 11) is 0. The number of nitrogens with zero attached hydrogens (tertiary/aromatic N) is 2. The number of aromatic amines is 1. The van der Waals surface area contributed by atoms with Crippen LogP contribution in [0.2, 0.25) is 0 Å². The summed E-state index contributed by atoms with van der Waals surface area (Å²) in [4.78, 5) is 39.1. The largest absolute Gasteiger partial charge is 0.341 e. The highest BCUT2D eigenvalue weighted by Crippen LogP contribution is 2.35. The molecule has 1 amide bonds. The van der Waals surface area contributed by atoms with Gasteiger partial charge in [-0.1, -0.05) is 19.3 Å². The Morgan fingerprint density at radius 1 is 1.19 bits per heavy atom. The molecule has 1 aliphatic carbocycles. The number of hydrogen-bond acceptors (Lipinski definition) is 3. The van der Waals surface area contributed by atoms with Gasteiger partial charge in [0.15, 0.2) is 0 Å². The number of amides is 1. The number of hydrogen-bond donors (Lipinski definition) is 1. The van der Waals surface area contributed by atoms with E-state index in [1.54, 1.807) is 0 Å². The fourth-order valence-corrected chi connectivity index (χ4v) is 3.64. The summed E-state index contributed by atoms with van der Waals surface area (Å²) < 4.78 is 1.26. The van der Waals surface area contributed by atoms with E-state index in [9.17, 15) is 14.4 Å². The number of aromatic nitrogens is 2. The first-order valence-corrected chi connectivity index (χ1v) is 7.71. The van der Waals surface area contributed by atoms with E-state index in [-0.39, 0.29) is 12.5 Å². The molecule has 1 saturated heterocycles. The van der Waals surface area contributed by atoms with Gasteiger partial charge in [-0.15, -0.1) is 0 Å². The molecule has 2 atom stereocenters. The molecule has 114 valence electrons. The molecular formula is C15H21N3O3. The minimum absolute atomic E-state index is 0.00694. The highest BCUT2D eigenvalue weighted by molar-refractivity contribution is 5.76. The van der Waals surface area contributed by atoms with Crippen LogP contribution >= 0.6 is 0 Å². The second kappa shape index (κ2) is 5.87. The lowest BCUT2D eigenvalue weighted by Crippen LogP contribution is -2.46. The Balaban J connectivity index is 1.65. The van der Waals surface area contributed by atoms with Crippen molar-refractivity contribution >= 4 is 5.91 Å². The summed E-state index contributed by atoms with van der Waals surface area (Å²) in [6, 6.07) is 1.27. The van der Waals surface area contributed by atoms with E-state index < -0.39 is 11.2 Å². The number of H-pyrrole nitrogens is 1. The van der Waals surface area contributed by atoms with Crippen LogP contribution in [0, 0.1) is 11.8 Å². The standard InChI is InChI=1S/C15H21N3O3/c19-13-6-8-18(15(21)16-13)10-14(20)17-7-5-11-3-1-2-4-12(11)9-17/h6,8,11-12H,1-5,7,9-10H2,(H,16,19,21)/t11-,12-/m1/s1. The molecular weight excluding hydrogens is 270 g/mol. The average Bonchev–Trinajstić information content (AvgIpc) is 2.49. The lowest BCUT2D eigenvalue weighted by atomic mass is 9.75. The van der Waals surface area contributed by atoms with E-state index in [1.807, 2.05) is 4.90 Å². The Labute approximate surface area is 122 Å². The molecule has 3 rings (SSSR count). The second-order valence-corrected chi connectivity index (χ2v) is 6.17. The Morgan fingerprint density at radius 3 is 2.71 bits per heavy atom. The minimum atomic E-state index is -0.525. The van der Waals surface area contributed by atoms with Crippen molar-refractivity contribution in [2.24, 2.45) is 11.8 Å². The van der Waals surface area contributed by atoms with Crippen LogP contribution in [-0.2, 0) is 11.3 Å². The minimum Gasteiger partial charge on any atom is -0.341 e. The van der Waals surface area contributed by atoms with E-state index in [0.29, 0.717) is 5.92 Å². The van der Waals surface area contributed by atoms with Crippen molar-refractivity contribution in [3.05, 3.63) is 33.1 Å². The van der Waals surface area contributed by atoms with Crippen molar-refractivity contribution in [3.8, 4) is 0 Å². The molecule has 2 fully saturated rings. The lowest BCUT2D eigenvalue weighted by molar-refractivity contribution is -0.135. The second-order valence-electron chi connectivity index (χ2n) is 6.17. The van der Waals surface area contributed by atoms with Crippen molar-refractivity contribution in [1.82, 2.24) is 14.5 Å². The molecule has 2 aliphatic rings. The van der Waals surface area contributed by atoms with Gasteiger partial charge in [-0.25, -0.2) is 4.79 Å². The van der Waals surface area contributed by atoms with Crippen molar-refractivity contribution < 1.29 is 4.79 Å². The predicted octanol–water partition coefficient (Wildman–Crippen LogP) is 0.575. The zero-order chi connectivity index (χ0) is 14.8. The summed E-state index contributed by atoms with van der Waals surface area (Å²) >= 11 is 0. The molecule has 0 aromatic carbocycles. The van der Waals surface area contributed by atoms with Crippen LogP contribution in [0.15, 0.2) is 21.9 Å². The monoisotopic (exact) mass is 291 g/mol. The van der Waals surface area contributed by atoms with Gasteiger partial charge in [0.1, 0.15) is 6.54 Å². The van der Waals surface area contributed by atoms with Crippen molar-refractivity contribution in [3.63, 3.8) is 0 Å². The fraction of sp³-hybridized carbons (Fsp3) is 0.667. The number of rotatable bonds is 2. The molecule has 0 spiro atoms. The molecule has 1 saturated carbocycles. The van der Waals surface area contributed by atoms with Crippen LogP contribution < -0.4 is 11.2 Å². The highest BCUT2D eigenvalue weighted by atomic mass is 16.2. The maximum absolute atomic E-state index is 12.4. The Bertz CT molecular complexity index is 634. The van der Waals surface area contributed by atoms with Crippen LogP contribution in [0.1, 0.15) is 32.1 Å². The summed E-state index contributed by atoms with van der Waals surface area (Å²) in [5.41, 5.74) is -0.963. The number of nitrogens with one attached hydrogen (secondary N) is 1. The third kappa shape index (κ3) is 3.09. The predicted molar refractivity (Wildman–Crippen MR) is 78.0 cm³/mol. The molecule has 1 N–H and O–H groups in total. The van der Waals surface area contributed by atoms with Crippen molar-refractivity contribution in [2.75, 3.05) is 13.1 Å². The van der Waals surface area contributed by atoms with Crippen molar-refractivity contribution in [2.45, 2.75) is 38.6 Å². The molecule has 1 aromatic rings. The number of likely N-dealkylation sites (tertiary alicyclic amines) is 1. The van der Waals surface area contributed by atoms with Crippen molar-refractivity contribution in [1.29, 1.82) is 0 Å². The first kappa shape index (κ1) is 14.1. The first-order chi connectivity index (χ1) is 10.1. The van der Waals surface area contributed by atoms with Crippen LogP contribution in [0.25, 0.3) is 0 Å². The number of carbonyl (C=O) groups excluding carboxylic acids is 1. The topological polar surface area (TPSA) is 75.2 Å². The maximum atomic E-state index is 12.4. The molecule has 2 heterocycles. The Morgan fingerprint density at radius 2 is 1.95 bits per heavy atom. The first-order valence-electron chi connectivity index (χ1n) is 7.71. The molecule has 21 heavy (non-hydrogen) atoms. The van der Waals surface area contributed by atoms with E-state index in [4.69, 9.17) is 0 Å². The van der Waals surface area contributed by atoms with E-state index >= 15 is 0 Å². The average molecular weight is 291 g/mol. The van der Waals surface area contributed by atoms with E-state index in [2.05, 4.69) is 4.98 Å². The molecule has 6 heteroatoms. The normalized spacial score (nSPS) is 25.4. The lowest BCUT2D eigenvalue weighted by Gasteiger charge is -2.41. The molecule has 0 radical (unpaired) electrons. The van der Waals surface area contributed by atoms with Gasteiger partial charge in [0, 0.05) is 25.4 Å².